The molecule has 0 amide bonds. The van der Waals surface area contributed by atoms with Crippen LogP contribution in [-0.2, 0) is 11.2 Å². The second-order valence-corrected chi connectivity index (χ2v) is 5.27. The number of thiazole rings is 1. The number of aliphatic carboxylic acids is 1. The molecule has 0 atom stereocenters. The van der Waals surface area contributed by atoms with Gasteiger partial charge in [0.2, 0.25) is 0 Å². The standard InChI is InChI=1S/C14H12ClNO3S/c15-10-2-1-3-12(8-10)19-7-6-13-16-11(9-20-13)4-5-14(17)18/h1-5,8-9H,6-7H2,(H,17,18)/b5-4+. The van der Waals surface area contributed by atoms with Crippen molar-refractivity contribution in [2.24, 2.45) is 0 Å². The summed E-state index contributed by atoms with van der Waals surface area (Å²) in [6, 6.07) is 7.21. The van der Waals surface area contributed by atoms with Gasteiger partial charge in [-0.3, -0.25) is 0 Å². The molecular weight excluding hydrogens is 298 g/mol. The number of aromatic nitrogens is 1. The summed E-state index contributed by atoms with van der Waals surface area (Å²) in [5, 5.41) is 11.9. The van der Waals surface area contributed by atoms with Crippen molar-refractivity contribution < 1.29 is 14.6 Å². The highest BCUT2D eigenvalue weighted by Crippen LogP contribution is 2.18. The number of ether oxygens (including phenoxy) is 1. The molecule has 0 saturated heterocycles. The highest BCUT2D eigenvalue weighted by atomic mass is 35.5. The van der Waals surface area contributed by atoms with Crippen LogP contribution in [0.5, 0.6) is 5.75 Å². The first-order valence-electron chi connectivity index (χ1n) is 5.87. The highest BCUT2D eigenvalue weighted by molar-refractivity contribution is 7.09. The molecule has 1 N–H and O–H groups in total. The Balaban J connectivity index is 1.84. The van der Waals surface area contributed by atoms with Crippen LogP contribution in [0.3, 0.4) is 0 Å². The molecule has 4 nitrogen and oxygen atoms in total. The number of carboxylic acids is 1. The Morgan fingerprint density at radius 3 is 3.10 bits per heavy atom. The third-order valence-electron chi connectivity index (χ3n) is 2.35. The first kappa shape index (κ1) is 14.6. The fraction of sp³-hybridized carbons (Fsp3) is 0.143. The average Bonchev–Trinajstić information content (AvgIpc) is 2.84. The third-order valence-corrected chi connectivity index (χ3v) is 3.51. The first-order chi connectivity index (χ1) is 9.63. The molecule has 0 aliphatic heterocycles. The number of hydrogen-bond acceptors (Lipinski definition) is 4. The van der Waals surface area contributed by atoms with E-state index >= 15 is 0 Å². The fourth-order valence-electron chi connectivity index (χ4n) is 1.49. The summed E-state index contributed by atoms with van der Waals surface area (Å²) in [4.78, 5) is 14.7. The van der Waals surface area contributed by atoms with Gasteiger partial charge in [0, 0.05) is 22.9 Å². The van der Waals surface area contributed by atoms with E-state index in [1.165, 1.54) is 17.4 Å². The van der Waals surface area contributed by atoms with Crippen molar-refractivity contribution in [3.8, 4) is 5.75 Å². The zero-order valence-electron chi connectivity index (χ0n) is 10.5. The molecule has 0 radical (unpaired) electrons. The van der Waals surface area contributed by atoms with Gasteiger partial charge in [-0.05, 0) is 24.3 Å². The van der Waals surface area contributed by atoms with E-state index in [-0.39, 0.29) is 0 Å². The summed E-state index contributed by atoms with van der Waals surface area (Å²) in [5.74, 6) is -0.260. The molecule has 0 bridgehead atoms. The number of rotatable bonds is 6. The Bertz CT molecular complexity index is 624. The minimum atomic E-state index is -0.983. The van der Waals surface area contributed by atoms with E-state index in [1.807, 2.05) is 17.5 Å². The normalized spacial score (nSPS) is 10.8. The average molecular weight is 310 g/mol. The molecule has 0 aliphatic carbocycles. The Morgan fingerprint density at radius 1 is 1.50 bits per heavy atom. The number of nitrogens with zero attached hydrogens (tertiary/aromatic N) is 1. The van der Waals surface area contributed by atoms with Gasteiger partial charge >= 0.3 is 5.97 Å². The predicted octanol–water partition coefficient (Wildman–Crippen LogP) is 3.52. The largest absolute Gasteiger partial charge is 0.493 e. The van der Waals surface area contributed by atoms with Crippen LogP contribution in [0.4, 0.5) is 0 Å². The molecule has 1 aromatic carbocycles. The lowest BCUT2D eigenvalue weighted by Gasteiger charge is -2.04. The van der Waals surface area contributed by atoms with Gasteiger partial charge in [-0.15, -0.1) is 11.3 Å². The van der Waals surface area contributed by atoms with Crippen LogP contribution >= 0.6 is 22.9 Å². The molecular formula is C14H12ClNO3S. The van der Waals surface area contributed by atoms with Crippen LogP contribution < -0.4 is 4.74 Å². The molecule has 6 heteroatoms. The number of carbonyl (C=O) groups is 1. The van der Waals surface area contributed by atoms with Crippen LogP contribution in [-0.4, -0.2) is 22.7 Å². The maximum Gasteiger partial charge on any atom is 0.328 e. The van der Waals surface area contributed by atoms with Gasteiger partial charge in [0.05, 0.1) is 17.3 Å². The summed E-state index contributed by atoms with van der Waals surface area (Å²) in [6.45, 7) is 0.496. The lowest BCUT2D eigenvalue weighted by molar-refractivity contribution is -0.131. The molecule has 1 heterocycles. The second kappa shape index (κ2) is 7.07. The fourth-order valence-corrected chi connectivity index (χ4v) is 2.41. The maximum absolute atomic E-state index is 10.4. The Kier molecular flexibility index (Phi) is 5.15. The summed E-state index contributed by atoms with van der Waals surface area (Å²) in [5.41, 5.74) is 0.648. The van der Waals surface area contributed by atoms with Gasteiger partial charge in [-0.1, -0.05) is 17.7 Å². The number of halogens is 1. The summed E-state index contributed by atoms with van der Waals surface area (Å²) < 4.78 is 5.57. The Morgan fingerprint density at radius 2 is 2.35 bits per heavy atom. The minimum absolute atomic E-state index is 0.496. The Hall–Kier alpha value is -1.85. The van der Waals surface area contributed by atoms with E-state index < -0.39 is 5.97 Å². The van der Waals surface area contributed by atoms with Crippen LogP contribution in [0.1, 0.15) is 10.7 Å². The van der Waals surface area contributed by atoms with Crippen LogP contribution in [0.2, 0.25) is 5.02 Å². The van der Waals surface area contributed by atoms with Gasteiger partial charge in [0.25, 0.3) is 0 Å². The maximum atomic E-state index is 10.4. The van der Waals surface area contributed by atoms with Crippen molar-refractivity contribution in [1.29, 1.82) is 0 Å². The molecule has 104 valence electrons. The molecule has 0 saturated carbocycles. The lowest BCUT2D eigenvalue weighted by atomic mass is 10.3. The quantitative estimate of drug-likeness (QED) is 0.829. The topological polar surface area (TPSA) is 59.4 Å². The van der Waals surface area contributed by atoms with E-state index in [0.717, 1.165) is 16.8 Å². The number of hydrogen-bond donors (Lipinski definition) is 1. The SMILES string of the molecule is O=C(O)/C=C/c1csc(CCOc2cccc(Cl)c2)n1. The smallest absolute Gasteiger partial charge is 0.328 e. The minimum Gasteiger partial charge on any atom is -0.493 e. The molecule has 20 heavy (non-hydrogen) atoms. The van der Waals surface area contributed by atoms with Crippen molar-refractivity contribution in [2.75, 3.05) is 6.61 Å². The van der Waals surface area contributed by atoms with Gasteiger partial charge in [0.15, 0.2) is 0 Å². The van der Waals surface area contributed by atoms with Gasteiger partial charge in [0.1, 0.15) is 5.75 Å². The summed E-state index contributed by atoms with van der Waals surface area (Å²) in [6.07, 6.45) is 3.21. The van der Waals surface area contributed by atoms with Crippen molar-refractivity contribution >= 4 is 35.0 Å². The van der Waals surface area contributed by atoms with Gasteiger partial charge in [-0.2, -0.15) is 0 Å². The van der Waals surface area contributed by atoms with E-state index in [1.54, 1.807) is 12.1 Å². The van der Waals surface area contributed by atoms with E-state index in [2.05, 4.69) is 4.98 Å². The highest BCUT2D eigenvalue weighted by Gasteiger charge is 2.01. The van der Waals surface area contributed by atoms with Crippen LogP contribution in [0.15, 0.2) is 35.7 Å². The first-order valence-corrected chi connectivity index (χ1v) is 7.13. The molecule has 0 fully saturated rings. The zero-order valence-corrected chi connectivity index (χ0v) is 12.0. The molecule has 1 aromatic heterocycles. The van der Waals surface area contributed by atoms with Gasteiger partial charge < -0.3 is 9.84 Å². The third kappa shape index (κ3) is 4.68. The molecule has 0 spiro atoms. The van der Waals surface area contributed by atoms with E-state index in [0.29, 0.717) is 23.7 Å². The Labute approximate surface area is 125 Å². The summed E-state index contributed by atoms with van der Waals surface area (Å²) >= 11 is 7.34. The van der Waals surface area contributed by atoms with E-state index in [4.69, 9.17) is 21.4 Å². The molecule has 2 aromatic rings. The number of carboxylic acid groups (broad SMARTS) is 1. The zero-order chi connectivity index (χ0) is 14.4. The molecule has 0 unspecified atom stereocenters. The van der Waals surface area contributed by atoms with Crippen molar-refractivity contribution in [3.63, 3.8) is 0 Å². The van der Waals surface area contributed by atoms with Crippen molar-refractivity contribution in [1.82, 2.24) is 4.98 Å². The number of benzene rings is 1. The monoisotopic (exact) mass is 309 g/mol. The molecule has 0 aliphatic rings. The predicted molar refractivity (Wildman–Crippen MR) is 79.4 cm³/mol. The van der Waals surface area contributed by atoms with Crippen LogP contribution in [0.25, 0.3) is 6.08 Å². The van der Waals surface area contributed by atoms with Gasteiger partial charge in [-0.25, -0.2) is 9.78 Å². The van der Waals surface area contributed by atoms with Crippen molar-refractivity contribution in [3.05, 3.63) is 51.4 Å². The van der Waals surface area contributed by atoms with Crippen LogP contribution in [0, 0.1) is 0 Å². The second-order valence-electron chi connectivity index (χ2n) is 3.89. The van der Waals surface area contributed by atoms with E-state index in [9.17, 15) is 4.79 Å². The molecule has 2 rings (SSSR count). The summed E-state index contributed by atoms with van der Waals surface area (Å²) in [7, 11) is 0. The van der Waals surface area contributed by atoms with Crippen molar-refractivity contribution in [2.45, 2.75) is 6.42 Å². The lowest BCUT2D eigenvalue weighted by Crippen LogP contribution is -2.01.